The van der Waals surface area contributed by atoms with Gasteiger partial charge in [0.05, 0.1) is 0 Å². The Bertz CT molecular complexity index is 95.2. The van der Waals surface area contributed by atoms with Crippen molar-refractivity contribution in [2.75, 3.05) is 12.3 Å². The first-order valence-corrected chi connectivity index (χ1v) is 4.29. The lowest BCUT2D eigenvalue weighted by Gasteiger charge is -2.07. The Morgan fingerprint density at radius 1 is 1.33 bits per heavy atom. The van der Waals surface area contributed by atoms with Crippen molar-refractivity contribution >= 4 is 17.0 Å². The first-order chi connectivity index (χ1) is 4.39. The second-order valence-electron chi connectivity index (χ2n) is 2.12. The van der Waals surface area contributed by atoms with Crippen molar-refractivity contribution in [1.29, 1.82) is 0 Å². The first kappa shape index (κ1) is 6.93. The topological polar surface area (TPSA) is 29.1 Å². The molecule has 1 fully saturated rings. The number of hydrogen-bond donors (Lipinski definition) is 1. The van der Waals surface area contributed by atoms with Gasteiger partial charge in [0.2, 0.25) is 0 Å². The summed E-state index contributed by atoms with van der Waals surface area (Å²) in [6.07, 6.45) is 3.59. The molecule has 0 aromatic carbocycles. The number of hydrogen-bond acceptors (Lipinski definition) is 2. The normalized spacial score (nSPS) is 22.0. The van der Waals surface area contributed by atoms with E-state index in [9.17, 15) is 4.79 Å². The van der Waals surface area contributed by atoms with E-state index < -0.39 is 0 Å². The summed E-state index contributed by atoms with van der Waals surface area (Å²) in [7, 11) is 0. The highest BCUT2D eigenvalue weighted by molar-refractivity contribution is 8.13. The molecule has 0 aliphatic carbocycles. The molecular weight excluding hydrogens is 134 g/mol. The molecule has 0 radical (unpaired) electrons. The van der Waals surface area contributed by atoms with Crippen LogP contribution in [-0.4, -0.2) is 17.5 Å². The summed E-state index contributed by atoms with van der Waals surface area (Å²) in [5, 5.41) is 2.96. The average molecular weight is 145 g/mol. The molecule has 1 saturated heterocycles. The molecule has 0 atom stereocenters. The summed E-state index contributed by atoms with van der Waals surface area (Å²) in [6.45, 7) is 0.867. The molecule has 1 amide bonds. The fraction of sp³-hybridized carbons (Fsp3) is 0.833. The van der Waals surface area contributed by atoms with Gasteiger partial charge in [-0.2, -0.15) is 0 Å². The first-order valence-electron chi connectivity index (χ1n) is 3.30. The highest BCUT2D eigenvalue weighted by Gasteiger charge is 2.03. The fourth-order valence-corrected chi connectivity index (χ4v) is 1.55. The van der Waals surface area contributed by atoms with E-state index in [0.717, 1.165) is 18.7 Å². The molecular formula is C6H11NOS. The van der Waals surface area contributed by atoms with E-state index >= 15 is 0 Å². The third kappa shape index (κ3) is 2.75. The lowest BCUT2D eigenvalue weighted by Crippen LogP contribution is -2.21. The third-order valence-corrected chi connectivity index (χ3v) is 2.22. The van der Waals surface area contributed by atoms with Gasteiger partial charge >= 0.3 is 0 Å². The number of amides is 1. The summed E-state index contributed by atoms with van der Waals surface area (Å²) >= 11 is 1.40. The molecule has 0 saturated carbocycles. The smallest absolute Gasteiger partial charge is 0.279 e. The fourth-order valence-electron chi connectivity index (χ4n) is 0.810. The standard InChI is InChI=1S/C6H11NOS/c8-6-7-4-2-1-3-5-9-6/h1-5H2,(H,7,8). The second kappa shape index (κ2) is 3.77. The lowest BCUT2D eigenvalue weighted by molar-refractivity contribution is 0.260. The molecule has 0 spiro atoms. The van der Waals surface area contributed by atoms with Crippen molar-refractivity contribution < 1.29 is 4.79 Å². The van der Waals surface area contributed by atoms with Gasteiger partial charge in [-0.3, -0.25) is 4.79 Å². The van der Waals surface area contributed by atoms with Gasteiger partial charge in [0, 0.05) is 12.3 Å². The summed E-state index contributed by atoms with van der Waals surface area (Å²) in [4.78, 5) is 10.7. The van der Waals surface area contributed by atoms with Gasteiger partial charge in [-0.05, 0) is 12.8 Å². The summed E-state index contributed by atoms with van der Waals surface area (Å²) in [5.74, 6) is 0.992. The van der Waals surface area contributed by atoms with E-state index in [-0.39, 0.29) is 5.24 Å². The third-order valence-electron chi connectivity index (χ3n) is 1.32. The van der Waals surface area contributed by atoms with E-state index in [1.165, 1.54) is 24.6 Å². The van der Waals surface area contributed by atoms with Gasteiger partial charge < -0.3 is 5.32 Å². The van der Waals surface area contributed by atoms with Gasteiger partial charge in [-0.25, -0.2) is 0 Å². The van der Waals surface area contributed by atoms with Crippen LogP contribution in [0.5, 0.6) is 0 Å². The molecule has 0 unspecified atom stereocenters. The number of thioether (sulfide) groups is 1. The maximum absolute atomic E-state index is 10.7. The van der Waals surface area contributed by atoms with Gasteiger partial charge in [0.15, 0.2) is 0 Å². The van der Waals surface area contributed by atoms with E-state index in [1.807, 2.05) is 0 Å². The van der Waals surface area contributed by atoms with Crippen molar-refractivity contribution in [3.8, 4) is 0 Å². The number of nitrogens with one attached hydrogen (secondary N) is 1. The van der Waals surface area contributed by atoms with Crippen LogP contribution in [-0.2, 0) is 0 Å². The zero-order valence-corrected chi connectivity index (χ0v) is 6.17. The number of carbonyl (C=O) groups is 1. The Kier molecular flexibility index (Phi) is 2.91. The zero-order chi connectivity index (χ0) is 6.53. The Labute approximate surface area is 59.4 Å². The summed E-state index contributed by atoms with van der Waals surface area (Å²) < 4.78 is 0. The number of rotatable bonds is 0. The zero-order valence-electron chi connectivity index (χ0n) is 5.35. The van der Waals surface area contributed by atoms with Gasteiger partial charge in [0.25, 0.3) is 5.24 Å². The SMILES string of the molecule is O=C1NCCCCCS1. The quantitative estimate of drug-likeness (QED) is 0.561. The maximum Gasteiger partial charge on any atom is 0.279 e. The molecule has 1 rings (SSSR count). The van der Waals surface area contributed by atoms with Crippen LogP contribution >= 0.6 is 11.8 Å². The summed E-state index contributed by atoms with van der Waals surface area (Å²) in [6, 6.07) is 0. The van der Waals surface area contributed by atoms with Crippen LogP contribution in [0.15, 0.2) is 0 Å². The molecule has 0 bridgehead atoms. The Morgan fingerprint density at radius 2 is 2.22 bits per heavy atom. The van der Waals surface area contributed by atoms with Crippen molar-refractivity contribution in [2.45, 2.75) is 19.3 Å². The Hall–Kier alpha value is -0.180. The molecule has 0 aromatic rings. The van der Waals surface area contributed by atoms with E-state index in [0.29, 0.717) is 0 Å². The van der Waals surface area contributed by atoms with Crippen LogP contribution in [0.3, 0.4) is 0 Å². The highest BCUT2D eigenvalue weighted by Crippen LogP contribution is 2.09. The second-order valence-corrected chi connectivity index (χ2v) is 3.19. The molecule has 52 valence electrons. The number of carbonyl (C=O) groups excluding carboxylic acids is 1. The molecule has 0 aromatic heterocycles. The minimum Gasteiger partial charge on any atom is -0.347 e. The predicted molar refractivity (Wildman–Crippen MR) is 39.7 cm³/mol. The summed E-state index contributed by atoms with van der Waals surface area (Å²) in [5.41, 5.74) is 0. The molecule has 2 nitrogen and oxygen atoms in total. The van der Waals surface area contributed by atoms with Crippen LogP contribution in [0.4, 0.5) is 4.79 Å². The highest BCUT2D eigenvalue weighted by atomic mass is 32.2. The minimum absolute atomic E-state index is 0.148. The molecule has 9 heavy (non-hydrogen) atoms. The van der Waals surface area contributed by atoms with Crippen LogP contribution in [0.25, 0.3) is 0 Å². The predicted octanol–water partition coefficient (Wildman–Crippen LogP) is 1.61. The monoisotopic (exact) mass is 145 g/mol. The largest absolute Gasteiger partial charge is 0.347 e. The van der Waals surface area contributed by atoms with Crippen molar-refractivity contribution in [3.05, 3.63) is 0 Å². The van der Waals surface area contributed by atoms with Gasteiger partial charge in [-0.15, -0.1) is 0 Å². The van der Waals surface area contributed by atoms with Crippen LogP contribution in [0, 0.1) is 0 Å². The Morgan fingerprint density at radius 3 is 3.11 bits per heavy atom. The van der Waals surface area contributed by atoms with Crippen LogP contribution in [0.1, 0.15) is 19.3 Å². The van der Waals surface area contributed by atoms with Crippen molar-refractivity contribution in [3.63, 3.8) is 0 Å². The maximum atomic E-state index is 10.7. The molecule has 1 aliphatic heterocycles. The van der Waals surface area contributed by atoms with Crippen molar-refractivity contribution in [2.24, 2.45) is 0 Å². The van der Waals surface area contributed by atoms with Crippen LogP contribution in [0.2, 0.25) is 0 Å². The van der Waals surface area contributed by atoms with Gasteiger partial charge in [-0.1, -0.05) is 18.2 Å². The molecule has 1 aliphatic rings. The molecule has 1 heterocycles. The van der Waals surface area contributed by atoms with Crippen LogP contribution < -0.4 is 5.32 Å². The van der Waals surface area contributed by atoms with Crippen molar-refractivity contribution in [1.82, 2.24) is 5.32 Å². The Balaban J connectivity index is 2.20. The van der Waals surface area contributed by atoms with Gasteiger partial charge in [0.1, 0.15) is 0 Å². The molecule has 3 heteroatoms. The molecule has 1 N–H and O–H groups in total. The van der Waals surface area contributed by atoms with E-state index in [1.54, 1.807) is 0 Å². The van der Waals surface area contributed by atoms with E-state index in [2.05, 4.69) is 5.32 Å². The average Bonchev–Trinajstić information content (AvgIpc) is 1.79. The van der Waals surface area contributed by atoms with E-state index in [4.69, 9.17) is 0 Å². The minimum atomic E-state index is 0.148. The lowest BCUT2D eigenvalue weighted by atomic mass is 10.2.